The van der Waals surface area contributed by atoms with Crippen LogP contribution in [-0.2, 0) is 25.5 Å². The average Bonchev–Trinajstić information content (AvgIpc) is 2.61. The standard InChI is InChI=1S/C18H22FN3O4/c1-11(10-20)8-16(18(25)26-3)22-17(24)15(21-12(2)23)9-13-4-6-14(19)7-5-13/h4-7,11,15-16H,8-9H2,1-3H3,(H,21,23)(H,22,24)/t11-,15+,16+/m0/s1. The monoisotopic (exact) mass is 363 g/mol. The van der Waals surface area contributed by atoms with Gasteiger partial charge < -0.3 is 15.4 Å². The van der Waals surface area contributed by atoms with E-state index in [-0.39, 0.29) is 12.8 Å². The molecule has 1 aromatic rings. The summed E-state index contributed by atoms with van der Waals surface area (Å²) in [6.07, 6.45) is 0.200. The summed E-state index contributed by atoms with van der Waals surface area (Å²) < 4.78 is 17.7. The van der Waals surface area contributed by atoms with E-state index in [2.05, 4.69) is 15.4 Å². The van der Waals surface area contributed by atoms with Crippen molar-refractivity contribution in [1.82, 2.24) is 10.6 Å². The van der Waals surface area contributed by atoms with Crippen molar-refractivity contribution in [2.75, 3.05) is 7.11 Å². The van der Waals surface area contributed by atoms with Gasteiger partial charge in [-0.2, -0.15) is 5.26 Å². The highest BCUT2D eigenvalue weighted by atomic mass is 19.1. The summed E-state index contributed by atoms with van der Waals surface area (Å²) in [6.45, 7) is 2.88. The molecule has 0 saturated carbocycles. The summed E-state index contributed by atoms with van der Waals surface area (Å²) in [7, 11) is 1.18. The molecule has 0 radical (unpaired) electrons. The van der Waals surface area contributed by atoms with Crippen LogP contribution in [0.3, 0.4) is 0 Å². The fourth-order valence-electron chi connectivity index (χ4n) is 2.35. The number of methoxy groups -OCH3 is 1. The molecule has 0 saturated heterocycles. The Labute approximate surface area is 151 Å². The molecule has 0 bridgehead atoms. The number of nitriles is 1. The molecule has 0 fully saturated rings. The van der Waals surface area contributed by atoms with Gasteiger partial charge in [-0.3, -0.25) is 9.59 Å². The highest BCUT2D eigenvalue weighted by Gasteiger charge is 2.28. The molecule has 0 spiro atoms. The zero-order valence-electron chi connectivity index (χ0n) is 14.9. The van der Waals surface area contributed by atoms with Gasteiger partial charge in [-0.25, -0.2) is 9.18 Å². The Balaban J connectivity index is 2.91. The van der Waals surface area contributed by atoms with E-state index in [1.165, 1.54) is 38.3 Å². The van der Waals surface area contributed by atoms with Crippen LogP contribution in [0.1, 0.15) is 25.8 Å². The fraction of sp³-hybridized carbons (Fsp3) is 0.444. The normalized spacial score (nSPS) is 13.7. The van der Waals surface area contributed by atoms with Crippen molar-refractivity contribution >= 4 is 17.8 Å². The second-order valence-corrected chi connectivity index (χ2v) is 5.93. The van der Waals surface area contributed by atoms with E-state index in [9.17, 15) is 18.8 Å². The maximum absolute atomic E-state index is 13.0. The summed E-state index contributed by atoms with van der Waals surface area (Å²) >= 11 is 0. The number of nitrogens with zero attached hydrogens (tertiary/aromatic N) is 1. The molecule has 0 aliphatic rings. The van der Waals surface area contributed by atoms with Gasteiger partial charge in [-0.05, 0) is 31.0 Å². The third-order valence-electron chi connectivity index (χ3n) is 3.66. The lowest BCUT2D eigenvalue weighted by molar-refractivity contribution is -0.145. The number of hydrogen-bond acceptors (Lipinski definition) is 5. The van der Waals surface area contributed by atoms with Gasteiger partial charge in [0.15, 0.2) is 0 Å². The van der Waals surface area contributed by atoms with Gasteiger partial charge in [0, 0.05) is 19.3 Å². The van der Waals surface area contributed by atoms with Crippen molar-refractivity contribution in [3.05, 3.63) is 35.6 Å². The molecule has 3 atom stereocenters. The van der Waals surface area contributed by atoms with Gasteiger partial charge in [-0.1, -0.05) is 12.1 Å². The molecular weight excluding hydrogens is 341 g/mol. The van der Waals surface area contributed by atoms with E-state index in [0.717, 1.165) is 0 Å². The first-order chi connectivity index (χ1) is 12.3. The Morgan fingerprint density at radius 2 is 1.81 bits per heavy atom. The van der Waals surface area contributed by atoms with Crippen molar-refractivity contribution in [3.63, 3.8) is 0 Å². The lowest BCUT2D eigenvalue weighted by atomic mass is 10.0. The maximum atomic E-state index is 13.0. The van der Waals surface area contributed by atoms with Crippen molar-refractivity contribution in [1.29, 1.82) is 5.26 Å². The fourth-order valence-corrected chi connectivity index (χ4v) is 2.35. The molecule has 2 amide bonds. The largest absolute Gasteiger partial charge is 0.467 e. The Bertz CT molecular complexity index is 685. The van der Waals surface area contributed by atoms with Crippen LogP contribution >= 0.6 is 0 Å². The topological polar surface area (TPSA) is 108 Å². The number of benzene rings is 1. The summed E-state index contributed by atoms with van der Waals surface area (Å²) in [5.41, 5.74) is 0.639. The molecule has 26 heavy (non-hydrogen) atoms. The molecule has 7 nitrogen and oxygen atoms in total. The summed E-state index contributed by atoms with van der Waals surface area (Å²) in [6, 6.07) is 5.55. The zero-order valence-corrected chi connectivity index (χ0v) is 14.9. The molecule has 1 rings (SSSR count). The van der Waals surface area contributed by atoms with Crippen molar-refractivity contribution in [3.8, 4) is 6.07 Å². The molecule has 0 unspecified atom stereocenters. The number of rotatable bonds is 8. The molecule has 2 N–H and O–H groups in total. The first-order valence-corrected chi connectivity index (χ1v) is 8.06. The number of halogens is 1. The average molecular weight is 363 g/mol. The number of ether oxygens (including phenoxy) is 1. The van der Waals surface area contributed by atoms with Crippen LogP contribution < -0.4 is 10.6 Å². The SMILES string of the molecule is COC(=O)[C@@H](C[C@H](C)C#N)NC(=O)[C@@H](Cc1ccc(F)cc1)NC(C)=O. The van der Waals surface area contributed by atoms with Crippen LogP contribution in [-0.4, -0.2) is 37.0 Å². The second kappa shape index (κ2) is 10.1. The van der Waals surface area contributed by atoms with Crippen molar-refractivity contribution in [2.24, 2.45) is 5.92 Å². The smallest absolute Gasteiger partial charge is 0.328 e. The van der Waals surface area contributed by atoms with Crippen molar-refractivity contribution < 1.29 is 23.5 Å². The highest BCUT2D eigenvalue weighted by Crippen LogP contribution is 2.09. The minimum absolute atomic E-state index is 0.0816. The first-order valence-electron chi connectivity index (χ1n) is 8.06. The van der Waals surface area contributed by atoms with E-state index in [4.69, 9.17) is 5.26 Å². The number of carbonyl (C=O) groups is 3. The third kappa shape index (κ3) is 6.89. The lowest BCUT2D eigenvalue weighted by Crippen LogP contribution is -2.52. The summed E-state index contributed by atoms with van der Waals surface area (Å²) in [4.78, 5) is 35.8. The summed E-state index contributed by atoms with van der Waals surface area (Å²) in [5.74, 6) is -2.58. The number of esters is 1. The summed E-state index contributed by atoms with van der Waals surface area (Å²) in [5, 5.41) is 13.9. The van der Waals surface area contributed by atoms with E-state index >= 15 is 0 Å². The van der Waals surface area contributed by atoms with Crippen LogP contribution in [0.2, 0.25) is 0 Å². The zero-order chi connectivity index (χ0) is 19.7. The van der Waals surface area contributed by atoms with E-state index in [1.807, 2.05) is 6.07 Å². The van der Waals surface area contributed by atoms with Crippen LogP contribution in [0, 0.1) is 23.1 Å². The highest BCUT2D eigenvalue weighted by molar-refractivity contribution is 5.90. The predicted molar refractivity (Wildman–Crippen MR) is 91.0 cm³/mol. The number of hydrogen-bond donors (Lipinski definition) is 2. The molecule has 0 heterocycles. The third-order valence-corrected chi connectivity index (χ3v) is 3.66. The maximum Gasteiger partial charge on any atom is 0.328 e. The van der Waals surface area contributed by atoms with Crippen LogP contribution in [0.5, 0.6) is 0 Å². The van der Waals surface area contributed by atoms with Gasteiger partial charge in [0.1, 0.15) is 17.9 Å². The van der Waals surface area contributed by atoms with Gasteiger partial charge in [0.2, 0.25) is 11.8 Å². The second-order valence-electron chi connectivity index (χ2n) is 5.93. The van der Waals surface area contributed by atoms with Gasteiger partial charge in [0.05, 0.1) is 13.2 Å². The number of nitrogens with one attached hydrogen (secondary N) is 2. The predicted octanol–water partition coefficient (Wildman–Crippen LogP) is 1.08. The minimum atomic E-state index is -1.01. The molecular formula is C18H22FN3O4. The Morgan fingerprint density at radius 3 is 2.31 bits per heavy atom. The van der Waals surface area contributed by atoms with Crippen LogP contribution in [0.4, 0.5) is 4.39 Å². The van der Waals surface area contributed by atoms with Crippen molar-refractivity contribution in [2.45, 2.75) is 38.8 Å². The molecule has 1 aromatic carbocycles. The Hall–Kier alpha value is -2.95. The first kappa shape index (κ1) is 21.1. The number of carbonyl (C=O) groups excluding carboxylic acids is 3. The molecule has 140 valence electrons. The number of amides is 2. The van der Waals surface area contributed by atoms with Gasteiger partial charge in [-0.15, -0.1) is 0 Å². The Kier molecular flexibility index (Phi) is 8.22. The van der Waals surface area contributed by atoms with Gasteiger partial charge in [0.25, 0.3) is 0 Å². The molecule has 0 aliphatic carbocycles. The quantitative estimate of drug-likeness (QED) is 0.672. The van der Waals surface area contributed by atoms with E-state index < -0.39 is 41.6 Å². The molecule has 8 heteroatoms. The van der Waals surface area contributed by atoms with E-state index in [0.29, 0.717) is 5.56 Å². The van der Waals surface area contributed by atoms with Gasteiger partial charge >= 0.3 is 5.97 Å². The Morgan fingerprint density at radius 1 is 1.19 bits per heavy atom. The van der Waals surface area contributed by atoms with Crippen LogP contribution in [0.15, 0.2) is 24.3 Å². The minimum Gasteiger partial charge on any atom is -0.467 e. The molecule has 0 aromatic heterocycles. The van der Waals surface area contributed by atoms with E-state index in [1.54, 1.807) is 6.92 Å². The lowest BCUT2D eigenvalue weighted by Gasteiger charge is -2.22. The molecule has 0 aliphatic heterocycles. The van der Waals surface area contributed by atoms with Crippen LogP contribution in [0.25, 0.3) is 0 Å².